The van der Waals surface area contributed by atoms with Crippen molar-refractivity contribution >= 4 is 0 Å². The molecular formula is C8H13O. The molecular weight excluding hydrogens is 112 g/mol. The molecule has 0 bridgehead atoms. The van der Waals surface area contributed by atoms with Gasteiger partial charge in [-0.05, 0) is 32.6 Å². The summed E-state index contributed by atoms with van der Waals surface area (Å²) in [4.78, 5) is 0. The van der Waals surface area contributed by atoms with E-state index in [1.165, 1.54) is 0 Å². The first kappa shape index (κ1) is 8.52. The molecule has 1 heteroatoms. The van der Waals surface area contributed by atoms with E-state index < -0.39 is 0 Å². The standard InChI is InChI=1S/C8H13O/c1-3-4-5-6-7-8(2)9/h8-9H,4-7H2,2H3. The number of hydrogen-bond donors (Lipinski definition) is 1. The van der Waals surface area contributed by atoms with Gasteiger partial charge in [0.25, 0.3) is 0 Å². The van der Waals surface area contributed by atoms with Gasteiger partial charge in [0.15, 0.2) is 0 Å². The highest BCUT2D eigenvalue weighted by Gasteiger charge is 1.92. The van der Waals surface area contributed by atoms with Crippen molar-refractivity contribution in [2.45, 2.75) is 38.7 Å². The molecule has 1 nitrogen and oxygen atoms in total. The molecule has 0 saturated carbocycles. The lowest BCUT2D eigenvalue weighted by Gasteiger charge is -1.99. The van der Waals surface area contributed by atoms with Crippen molar-refractivity contribution in [1.29, 1.82) is 0 Å². The predicted molar refractivity (Wildman–Crippen MR) is 37.3 cm³/mol. The van der Waals surface area contributed by atoms with Crippen molar-refractivity contribution in [3.8, 4) is 5.92 Å². The molecule has 1 unspecified atom stereocenters. The fourth-order valence-electron chi connectivity index (χ4n) is 0.653. The molecule has 0 aliphatic rings. The lowest BCUT2D eigenvalue weighted by Crippen LogP contribution is -1.97. The molecule has 0 aliphatic heterocycles. The van der Waals surface area contributed by atoms with Gasteiger partial charge < -0.3 is 5.11 Å². The Hall–Kier alpha value is -0.480. The third-order valence-electron chi connectivity index (χ3n) is 1.17. The second kappa shape index (κ2) is 5.65. The van der Waals surface area contributed by atoms with Gasteiger partial charge in [0.2, 0.25) is 0 Å². The summed E-state index contributed by atoms with van der Waals surface area (Å²) in [6, 6.07) is 0. The van der Waals surface area contributed by atoms with Gasteiger partial charge in [0, 0.05) is 6.42 Å². The van der Waals surface area contributed by atoms with Crippen LogP contribution < -0.4 is 0 Å². The van der Waals surface area contributed by atoms with E-state index in [0.717, 1.165) is 25.7 Å². The summed E-state index contributed by atoms with van der Waals surface area (Å²) in [5.74, 6) is 2.31. The largest absolute Gasteiger partial charge is 0.393 e. The van der Waals surface area contributed by atoms with E-state index in [0.29, 0.717) is 0 Å². The summed E-state index contributed by atoms with van der Waals surface area (Å²) in [5, 5.41) is 8.78. The number of rotatable bonds is 4. The van der Waals surface area contributed by atoms with E-state index in [2.05, 4.69) is 5.92 Å². The number of aliphatic hydroxyl groups excluding tert-OH is 1. The Kier molecular flexibility index (Phi) is 5.35. The van der Waals surface area contributed by atoms with Crippen LogP contribution in [-0.4, -0.2) is 11.2 Å². The van der Waals surface area contributed by atoms with Gasteiger partial charge in [-0.1, -0.05) is 5.92 Å². The minimum Gasteiger partial charge on any atom is -0.393 e. The Labute approximate surface area is 57.1 Å². The van der Waals surface area contributed by atoms with Crippen molar-refractivity contribution in [1.82, 2.24) is 0 Å². The Morgan fingerprint density at radius 3 is 2.67 bits per heavy atom. The maximum Gasteiger partial charge on any atom is 0.0512 e. The highest BCUT2D eigenvalue weighted by molar-refractivity contribution is 4.74. The van der Waals surface area contributed by atoms with Crippen LogP contribution >= 0.6 is 0 Å². The molecule has 1 atom stereocenters. The summed E-state index contributed by atoms with van der Waals surface area (Å²) in [6.07, 6.45) is 9.95. The lowest BCUT2D eigenvalue weighted by molar-refractivity contribution is 0.181. The molecule has 0 rings (SSSR count). The second-order valence-electron chi connectivity index (χ2n) is 2.27. The van der Waals surface area contributed by atoms with Crippen LogP contribution in [0.25, 0.3) is 0 Å². The zero-order valence-corrected chi connectivity index (χ0v) is 5.85. The molecule has 0 heterocycles. The maximum atomic E-state index is 8.78. The highest BCUT2D eigenvalue weighted by Crippen LogP contribution is 2.01. The summed E-state index contributed by atoms with van der Waals surface area (Å²) in [7, 11) is 0. The van der Waals surface area contributed by atoms with Gasteiger partial charge in [-0.25, -0.2) is 0 Å². The Bertz CT molecular complexity index is 89.2. The smallest absolute Gasteiger partial charge is 0.0512 e. The van der Waals surface area contributed by atoms with E-state index in [1.54, 1.807) is 6.92 Å². The molecule has 1 N–H and O–H groups in total. The molecule has 1 radical (unpaired) electrons. The molecule has 0 amide bonds. The fraction of sp³-hybridized carbons (Fsp3) is 0.750. The zero-order chi connectivity index (χ0) is 7.11. The molecule has 0 aromatic rings. The first-order valence-electron chi connectivity index (χ1n) is 3.35. The number of hydrogen-bond acceptors (Lipinski definition) is 1. The highest BCUT2D eigenvalue weighted by atomic mass is 16.3. The first-order chi connectivity index (χ1) is 4.27. The van der Waals surface area contributed by atoms with E-state index in [9.17, 15) is 0 Å². The molecule has 51 valence electrons. The predicted octanol–water partition coefficient (Wildman–Crippen LogP) is 1.52. The topological polar surface area (TPSA) is 20.2 Å². The summed E-state index contributed by atoms with van der Waals surface area (Å²) in [5.41, 5.74) is 0. The monoisotopic (exact) mass is 125 g/mol. The zero-order valence-electron chi connectivity index (χ0n) is 5.85. The van der Waals surface area contributed by atoms with E-state index >= 15 is 0 Å². The third-order valence-corrected chi connectivity index (χ3v) is 1.17. The van der Waals surface area contributed by atoms with Gasteiger partial charge in [-0.15, -0.1) is 0 Å². The van der Waals surface area contributed by atoms with Crippen molar-refractivity contribution < 1.29 is 5.11 Å². The van der Waals surface area contributed by atoms with Gasteiger partial charge in [0.1, 0.15) is 0 Å². The average Bonchev–Trinajstić information content (AvgIpc) is 1.80. The van der Waals surface area contributed by atoms with E-state index in [-0.39, 0.29) is 6.10 Å². The van der Waals surface area contributed by atoms with E-state index in [4.69, 9.17) is 11.5 Å². The van der Waals surface area contributed by atoms with Gasteiger partial charge >= 0.3 is 0 Å². The molecule has 9 heavy (non-hydrogen) atoms. The van der Waals surface area contributed by atoms with E-state index in [1.807, 2.05) is 0 Å². The first-order valence-corrected chi connectivity index (χ1v) is 3.35. The van der Waals surface area contributed by atoms with Crippen LogP contribution in [0.15, 0.2) is 0 Å². The maximum absolute atomic E-state index is 8.78. The average molecular weight is 125 g/mol. The van der Waals surface area contributed by atoms with Crippen LogP contribution in [-0.2, 0) is 0 Å². The minimum absolute atomic E-state index is 0.185. The summed E-state index contributed by atoms with van der Waals surface area (Å²) >= 11 is 0. The molecule has 0 saturated heterocycles. The number of aliphatic hydroxyl groups is 1. The van der Waals surface area contributed by atoms with Crippen LogP contribution in [0.3, 0.4) is 0 Å². The third kappa shape index (κ3) is 7.52. The Morgan fingerprint density at radius 1 is 1.56 bits per heavy atom. The summed E-state index contributed by atoms with van der Waals surface area (Å²) in [6.45, 7) is 1.79. The van der Waals surface area contributed by atoms with Crippen LogP contribution in [0, 0.1) is 12.3 Å². The Morgan fingerprint density at radius 2 is 2.22 bits per heavy atom. The van der Waals surface area contributed by atoms with Crippen LogP contribution in [0.1, 0.15) is 32.6 Å². The summed E-state index contributed by atoms with van der Waals surface area (Å²) < 4.78 is 0. The van der Waals surface area contributed by atoms with Crippen molar-refractivity contribution in [2.24, 2.45) is 0 Å². The van der Waals surface area contributed by atoms with Crippen molar-refractivity contribution in [3.63, 3.8) is 0 Å². The fourth-order valence-corrected chi connectivity index (χ4v) is 0.653. The molecule has 0 aromatic carbocycles. The quantitative estimate of drug-likeness (QED) is 0.446. The van der Waals surface area contributed by atoms with Gasteiger partial charge in [0.05, 0.1) is 6.10 Å². The Balaban J connectivity index is 2.85. The van der Waals surface area contributed by atoms with Crippen molar-refractivity contribution in [3.05, 3.63) is 6.42 Å². The molecule has 0 spiro atoms. The molecule has 0 aromatic heterocycles. The van der Waals surface area contributed by atoms with Gasteiger partial charge in [-0.3, -0.25) is 0 Å². The molecule has 0 fully saturated rings. The number of unbranched alkanes of at least 4 members (excludes halogenated alkanes) is 2. The van der Waals surface area contributed by atoms with Crippen LogP contribution in [0.2, 0.25) is 0 Å². The minimum atomic E-state index is -0.185. The normalized spacial score (nSPS) is 12.6. The van der Waals surface area contributed by atoms with Crippen molar-refractivity contribution in [2.75, 3.05) is 0 Å². The SMILES string of the molecule is [C]#CCCCCC(C)O. The van der Waals surface area contributed by atoms with Crippen LogP contribution in [0.4, 0.5) is 0 Å². The lowest BCUT2D eigenvalue weighted by atomic mass is 10.1. The molecule has 0 aliphatic carbocycles. The van der Waals surface area contributed by atoms with Gasteiger partial charge in [-0.2, -0.15) is 0 Å². The van der Waals surface area contributed by atoms with Crippen LogP contribution in [0.5, 0.6) is 0 Å². The second-order valence-corrected chi connectivity index (χ2v) is 2.27.